The lowest BCUT2D eigenvalue weighted by molar-refractivity contribution is 0.0697. The Kier molecular flexibility index (Phi) is 5.61. The van der Waals surface area contributed by atoms with Crippen molar-refractivity contribution in [3.05, 3.63) is 59.2 Å². The number of nitrogens with zero attached hydrogens (tertiary/aromatic N) is 2. The molecule has 2 aromatic carbocycles. The van der Waals surface area contributed by atoms with Gasteiger partial charge in [-0.05, 0) is 67.6 Å². The number of aryl methyl sites for hydroxylation is 2. The molecule has 1 aliphatic carbocycles. The zero-order valence-electron chi connectivity index (χ0n) is 16.6. The van der Waals surface area contributed by atoms with Crippen LogP contribution in [0.5, 0.6) is 5.75 Å². The van der Waals surface area contributed by atoms with Crippen LogP contribution in [0.4, 0.5) is 0 Å². The van der Waals surface area contributed by atoms with Gasteiger partial charge in [0.2, 0.25) is 10.0 Å². The molecule has 0 N–H and O–H groups in total. The predicted molar refractivity (Wildman–Crippen MR) is 111 cm³/mol. The van der Waals surface area contributed by atoms with Gasteiger partial charge in [0, 0.05) is 31.7 Å². The lowest BCUT2D eigenvalue weighted by Crippen LogP contribution is -2.50. The Bertz CT molecular complexity index is 1010. The SMILES string of the molecule is CCOc1cccc(C(=O)N2CCN(S(=O)(=O)c3ccc4c(c3)CCC4)CC2)c1. The van der Waals surface area contributed by atoms with Crippen LogP contribution in [-0.4, -0.2) is 56.3 Å². The molecule has 1 amide bonds. The summed E-state index contributed by atoms with van der Waals surface area (Å²) in [7, 11) is -3.54. The average molecular weight is 415 g/mol. The van der Waals surface area contributed by atoms with E-state index in [0.29, 0.717) is 49.0 Å². The zero-order valence-corrected chi connectivity index (χ0v) is 17.5. The topological polar surface area (TPSA) is 66.9 Å². The number of benzene rings is 2. The lowest BCUT2D eigenvalue weighted by Gasteiger charge is -2.34. The van der Waals surface area contributed by atoms with Crippen molar-refractivity contribution in [1.29, 1.82) is 0 Å². The van der Waals surface area contributed by atoms with Gasteiger partial charge < -0.3 is 9.64 Å². The summed E-state index contributed by atoms with van der Waals surface area (Å²) in [5, 5.41) is 0. The molecule has 2 aromatic rings. The van der Waals surface area contributed by atoms with E-state index in [0.717, 1.165) is 24.8 Å². The first-order valence-corrected chi connectivity index (χ1v) is 11.6. The van der Waals surface area contributed by atoms with Crippen molar-refractivity contribution in [1.82, 2.24) is 9.21 Å². The van der Waals surface area contributed by atoms with Crippen molar-refractivity contribution in [2.45, 2.75) is 31.1 Å². The fourth-order valence-corrected chi connectivity index (χ4v) is 5.53. The van der Waals surface area contributed by atoms with Gasteiger partial charge in [0.25, 0.3) is 5.91 Å². The van der Waals surface area contributed by atoms with E-state index in [2.05, 4.69) is 0 Å². The molecule has 154 valence electrons. The monoisotopic (exact) mass is 414 g/mol. The maximum absolute atomic E-state index is 13.1. The van der Waals surface area contributed by atoms with Crippen LogP contribution in [0.1, 0.15) is 34.8 Å². The number of carbonyl (C=O) groups is 1. The highest BCUT2D eigenvalue weighted by atomic mass is 32.2. The van der Waals surface area contributed by atoms with Gasteiger partial charge in [-0.25, -0.2) is 8.42 Å². The molecule has 1 saturated heterocycles. The summed E-state index contributed by atoms with van der Waals surface area (Å²) in [4.78, 5) is 14.9. The Morgan fingerprint density at radius 3 is 2.52 bits per heavy atom. The fourth-order valence-electron chi connectivity index (χ4n) is 4.06. The van der Waals surface area contributed by atoms with Crippen LogP contribution in [0.15, 0.2) is 47.4 Å². The zero-order chi connectivity index (χ0) is 20.4. The van der Waals surface area contributed by atoms with Crippen molar-refractivity contribution in [3.8, 4) is 5.75 Å². The van der Waals surface area contributed by atoms with E-state index < -0.39 is 10.0 Å². The number of hydrogen-bond donors (Lipinski definition) is 0. The molecule has 0 bridgehead atoms. The first kappa shape index (κ1) is 19.9. The first-order valence-electron chi connectivity index (χ1n) is 10.1. The molecule has 1 aliphatic heterocycles. The number of fused-ring (bicyclic) bond motifs is 1. The third-order valence-electron chi connectivity index (χ3n) is 5.63. The molecule has 7 heteroatoms. The largest absolute Gasteiger partial charge is 0.494 e. The van der Waals surface area contributed by atoms with Crippen molar-refractivity contribution in [2.24, 2.45) is 0 Å². The maximum atomic E-state index is 13.1. The first-order chi connectivity index (χ1) is 14.0. The summed E-state index contributed by atoms with van der Waals surface area (Å²) in [6, 6.07) is 12.6. The number of piperazine rings is 1. The third kappa shape index (κ3) is 4.02. The Balaban J connectivity index is 1.43. The van der Waals surface area contributed by atoms with Crippen LogP contribution in [0, 0.1) is 0 Å². The van der Waals surface area contributed by atoms with Crippen molar-refractivity contribution >= 4 is 15.9 Å². The molecule has 0 unspecified atom stereocenters. The van der Waals surface area contributed by atoms with Crippen LogP contribution < -0.4 is 4.74 Å². The molecule has 0 spiro atoms. The van der Waals surface area contributed by atoms with Gasteiger partial charge in [0.05, 0.1) is 11.5 Å². The normalized spacial score (nSPS) is 17.2. The molecule has 0 radical (unpaired) electrons. The van der Waals surface area contributed by atoms with Crippen molar-refractivity contribution in [2.75, 3.05) is 32.8 Å². The Labute approximate surface area is 172 Å². The van der Waals surface area contributed by atoms with E-state index in [1.807, 2.05) is 25.1 Å². The van der Waals surface area contributed by atoms with Gasteiger partial charge >= 0.3 is 0 Å². The molecule has 29 heavy (non-hydrogen) atoms. The number of sulfonamides is 1. The van der Waals surface area contributed by atoms with Crippen LogP contribution in [0.25, 0.3) is 0 Å². The van der Waals surface area contributed by atoms with Gasteiger partial charge in [-0.3, -0.25) is 4.79 Å². The van der Waals surface area contributed by atoms with Gasteiger partial charge in [-0.1, -0.05) is 12.1 Å². The molecular weight excluding hydrogens is 388 g/mol. The summed E-state index contributed by atoms with van der Waals surface area (Å²) >= 11 is 0. The fraction of sp³-hybridized carbons (Fsp3) is 0.409. The Hall–Kier alpha value is -2.38. The minimum atomic E-state index is -3.54. The van der Waals surface area contributed by atoms with Crippen LogP contribution >= 0.6 is 0 Å². The van der Waals surface area contributed by atoms with Crippen LogP contribution in [0.2, 0.25) is 0 Å². The Morgan fingerprint density at radius 2 is 1.76 bits per heavy atom. The number of amides is 1. The number of ether oxygens (including phenoxy) is 1. The van der Waals surface area contributed by atoms with E-state index in [-0.39, 0.29) is 5.91 Å². The molecule has 0 aromatic heterocycles. The number of hydrogen-bond acceptors (Lipinski definition) is 4. The maximum Gasteiger partial charge on any atom is 0.254 e. The van der Waals surface area contributed by atoms with Crippen molar-refractivity contribution in [3.63, 3.8) is 0 Å². The second-order valence-corrected chi connectivity index (χ2v) is 9.38. The highest BCUT2D eigenvalue weighted by molar-refractivity contribution is 7.89. The second kappa shape index (κ2) is 8.16. The lowest BCUT2D eigenvalue weighted by atomic mass is 10.1. The van der Waals surface area contributed by atoms with E-state index in [4.69, 9.17) is 4.74 Å². The molecule has 1 heterocycles. The van der Waals surface area contributed by atoms with Crippen LogP contribution in [0.3, 0.4) is 0 Å². The molecule has 1 fully saturated rings. The minimum absolute atomic E-state index is 0.0962. The summed E-state index contributed by atoms with van der Waals surface area (Å²) in [6.07, 6.45) is 3.06. The highest BCUT2D eigenvalue weighted by Gasteiger charge is 2.31. The van der Waals surface area contributed by atoms with Gasteiger partial charge in [-0.15, -0.1) is 0 Å². The molecule has 6 nitrogen and oxygen atoms in total. The van der Waals surface area contributed by atoms with E-state index in [9.17, 15) is 13.2 Å². The quantitative estimate of drug-likeness (QED) is 0.755. The number of rotatable bonds is 5. The average Bonchev–Trinajstić information content (AvgIpc) is 3.22. The summed E-state index contributed by atoms with van der Waals surface area (Å²) in [5.41, 5.74) is 2.97. The van der Waals surface area contributed by atoms with E-state index in [1.54, 1.807) is 29.2 Å². The second-order valence-electron chi connectivity index (χ2n) is 7.44. The molecule has 0 saturated carbocycles. The standard InChI is InChI=1S/C22H26N2O4S/c1-2-28-20-8-4-7-19(15-20)22(25)23-11-13-24(14-12-23)29(26,27)21-10-9-17-5-3-6-18(17)16-21/h4,7-10,15-16H,2-3,5-6,11-14H2,1H3. The van der Waals surface area contributed by atoms with E-state index in [1.165, 1.54) is 9.87 Å². The molecule has 4 rings (SSSR count). The molecule has 2 aliphatic rings. The summed E-state index contributed by atoms with van der Waals surface area (Å²) < 4.78 is 33.1. The molecule has 0 atom stereocenters. The third-order valence-corrected chi connectivity index (χ3v) is 7.52. The summed E-state index contributed by atoms with van der Waals surface area (Å²) in [6.45, 7) is 3.79. The van der Waals surface area contributed by atoms with Gasteiger partial charge in [0.15, 0.2) is 0 Å². The van der Waals surface area contributed by atoms with Gasteiger partial charge in [-0.2, -0.15) is 4.31 Å². The molecular formula is C22H26N2O4S. The number of carbonyl (C=O) groups excluding carboxylic acids is 1. The highest BCUT2D eigenvalue weighted by Crippen LogP contribution is 2.27. The van der Waals surface area contributed by atoms with Gasteiger partial charge in [0.1, 0.15) is 5.75 Å². The Morgan fingerprint density at radius 1 is 1.00 bits per heavy atom. The predicted octanol–water partition coefficient (Wildman–Crippen LogP) is 2.72. The summed E-state index contributed by atoms with van der Waals surface area (Å²) in [5.74, 6) is 0.567. The van der Waals surface area contributed by atoms with Crippen molar-refractivity contribution < 1.29 is 17.9 Å². The van der Waals surface area contributed by atoms with E-state index >= 15 is 0 Å². The minimum Gasteiger partial charge on any atom is -0.494 e. The smallest absolute Gasteiger partial charge is 0.254 e. The van der Waals surface area contributed by atoms with Crippen LogP contribution in [-0.2, 0) is 22.9 Å².